The Morgan fingerprint density at radius 2 is 2.28 bits per heavy atom. The first kappa shape index (κ1) is 12.6. The molecule has 2 rings (SSSR count). The largest absolute Gasteiger partial charge is 0.342 e. The number of rotatable bonds is 2. The van der Waals surface area contributed by atoms with Gasteiger partial charge in [-0.25, -0.2) is 0 Å². The maximum absolute atomic E-state index is 12.1. The average molecular weight is 250 g/mol. The van der Waals surface area contributed by atoms with Crippen molar-refractivity contribution in [1.29, 1.82) is 0 Å². The third-order valence-electron chi connectivity index (χ3n) is 3.21. The van der Waals surface area contributed by atoms with Gasteiger partial charge in [-0.2, -0.15) is 5.10 Å². The number of aryl methyl sites for hydroxylation is 1. The highest BCUT2D eigenvalue weighted by Crippen LogP contribution is 2.18. The lowest BCUT2D eigenvalue weighted by atomic mass is 9.97. The Balaban J connectivity index is 1.94. The molecule has 0 bridgehead atoms. The van der Waals surface area contributed by atoms with E-state index >= 15 is 0 Å². The highest BCUT2D eigenvalue weighted by molar-refractivity contribution is 5.92. The van der Waals surface area contributed by atoms with E-state index in [0.29, 0.717) is 12.2 Å². The molecule has 98 valence electrons. The predicted molar refractivity (Wildman–Crippen MR) is 66.8 cm³/mol. The minimum atomic E-state index is -0.122. The number of anilines is 1. The molecule has 1 atom stereocenters. The zero-order valence-electron chi connectivity index (χ0n) is 10.7. The number of piperidine rings is 1. The van der Waals surface area contributed by atoms with E-state index in [1.165, 1.54) is 0 Å². The number of aromatic nitrogens is 2. The van der Waals surface area contributed by atoms with Crippen LogP contribution in [0.2, 0.25) is 0 Å². The fourth-order valence-electron chi connectivity index (χ4n) is 2.21. The molecule has 1 aliphatic heterocycles. The molecule has 1 saturated heterocycles. The van der Waals surface area contributed by atoms with Crippen molar-refractivity contribution in [3.8, 4) is 0 Å². The maximum Gasteiger partial charge on any atom is 0.229 e. The van der Waals surface area contributed by atoms with Crippen molar-refractivity contribution >= 4 is 17.5 Å². The van der Waals surface area contributed by atoms with Gasteiger partial charge in [0.05, 0.1) is 17.8 Å². The Hall–Kier alpha value is -1.85. The van der Waals surface area contributed by atoms with Gasteiger partial charge in [0.1, 0.15) is 0 Å². The molecule has 0 aliphatic carbocycles. The predicted octanol–water partition coefficient (Wildman–Crippen LogP) is 0.617. The summed E-state index contributed by atoms with van der Waals surface area (Å²) in [5.41, 5.74) is 0.697. The molecular weight excluding hydrogens is 232 g/mol. The maximum atomic E-state index is 12.1. The van der Waals surface area contributed by atoms with Crippen LogP contribution < -0.4 is 5.32 Å². The van der Waals surface area contributed by atoms with Gasteiger partial charge < -0.3 is 10.2 Å². The van der Waals surface area contributed by atoms with Crippen LogP contribution in [-0.4, -0.2) is 39.6 Å². The highest BCUT2D eigenvalue weighted by atomic mass is 16.2. The summed E-state index contributed by atoms with van der Waals surface area (Å²) in [6.45, 7) is 2.81. The van der Waals surface area contributed by atoms with Crippen LogP contribution in [-0.2, 0) is 16.6 Å². The summed E-state index contributed by atoms with van der Waals surface area (Å²) in [6.07, 6.45) is 5.08. The van der Waals surface area contributed by atoms with Gasteiger partial charge in [-0.1, -0.05) is 0 Å². The number of nitrogens with one attached hydrogen (secondary N) is 1. The van der Waals surface area contributed by atoms with Crippen molar-refractivity contribution in [2.24, 2.45) is 13.0 Å². The van der Waals surface area contributed by atoms with Crippen LogP contribution in [0.5, 0.6) is 0 Å². The highest BCUT2D eigenvalue weighted by Gasteiger charge is 2.27. The van der Waals surface area contributed by atoms with Crippen LogP contribution >= 0.6 is 0 Å². The molecule has 1 N–H and O–H groups in total. The molecule has 6 nitrogen and oxygen atoms in total. The number of hydrogen-bond acceptors (Lipinski definition) is 3. The smallest absolute Gasteiger partial charge is 0.229 e. The molecule has 1 aromatic heterocycles. The number of carbonyl (C=O) groups is 2. The van der Waals surface area contributed by atoms with Crippen molar-refractivity contribution in [3.63, 3.8) is 0 Å². The first-order valence-corrected chi connectivity index (χ1v) is 6.11. The molecule has 0 saturated carbocycles. The van der Waals surface area contributed by atoms with Crippen molar-refractivity contribution in [1.82, 2.24) is 14.7 Å². The summed E-state index contributed by atoms with van der Waals surface area (Å²) in [6, 6.07) is 0. The van der Waals surface area contributed by atoms with Gasteiger partial charge >= 0.3 is 0 Å². The van der Waals surface area contributed by atoms with E-state index in [2.05, 4.69) is 10.4 Å². The van der Waals surface area contributed by atoms with E-state index in [1.807, 2.05) is 0 Å². The topological polar surface area (TPSA) is 67.2 Å². The number of hydrogen-bond donors (Lipinski definition) is 1. The number of carbonyl (C=O) groups excluding carboxylic acids is 2. The summed E-state index contributed by atoms with van der Waals surface area (Å²) < 4.78 is 1.64. The second-order valence-corrected chi connectivity index (χ2v) is 4.70. The Labute approximate surface area is 106 Å². The normalized spacial score (nSPS) is 19.7. The molecule has 0 spiro atoms. The number of amides is 2. The van der Waals surface area contributed by atoms with Crippen LogP contribution in [0, 0.1) is 5.92 Å². The van der Waals surface area contributed by atoms with Crippen LogP contribution in [0.15, 0.2) is 12.4 Å². The molecule has 1 aromatic rings. The van der Waals surface area contributed by atoms with E-state index in [0.717, 1.165) is 19.4 Å². The quantitative estimate of drug-likeness (QED) is 0.836. The number of nitrogens with zero attached hydrogens (tertiary/aromatic N) is 3. The zero-order chi connectivity index (χ0) is 13.1. The average Bonchev–Trinajstić information content (AvgIpc) is 2.75. The van der Waals surface area contributed by atoms with Gasteiger partial charge in [0.25, 0.3) is 0 Å². The van der Waals surface area contributed by atoms with Crippen molar-refractivity contribution in [3.05, 3.63) is 12.4 Å². The van der Waals surface area contributed by atoms with Gasteiger partial charge in [-0.15, -0.1) is 0 Å². The summed E-state index contributed by atoms with van der Waals surface area (Å²) in [4.78, 5) is 25.1. The summed E-state index contributed by atoms with van der Waals surface area (Å²) in [5.74, 6) is -0.120. The van der Waals surface area contributed by atoms with Crippen molar-refractivity contribution < 1.29 is 9.59 Å². The lowest BCUT2D eigenvalue weighted by Crippen LogP contribution is -2.42. The van der Waals surface area contributed by atoms with E-state index in [-0.39, 0.29) is 17.7 Å². The molecule has 0 radical (unpaired) electrons. The summed E-state index contributed by atoms with van der Waals surface area (Å²) in [5, 5.41) is 6.83. The monoisotopic (exact) mass is 250 g/mol. The second-order valence-electron chi connectivity index (χ2n) is 4.70. The Kier molecular flexibility index (Phi) is 3.64. The minimum Gasteiger partial charge on any atom is -0.342 e. The van der Waals surface area contributed by atoms with Gasteiger partial charge in [0, 0.05) is 33.3 Å². The fourth-order valence-corrected chi connectivity index (χ4v) is 2.21. The van der Waals surface area contributed by atoms with Crippen LogP contribution in [0.25, 0.3) is 0 Å². The van der Waals surface area contributed by atoms with Gasteiger partial charge in [0.2, 0.25) is 11.8 Å². The van der Waals surface area contributed by atoms with Crippen molar-refractivity contribution in [2.75, 3.05) is 18.4 Å². The SMILES string of the molecule is CC(=O)N1CCCC(C(=O)Nc2cnn(C)c2)C1. The zero-order valence-corrected chi connectivity index (χ0v) is 10.7. The first-order chi connectivity index (χ1) is 8.56. The molecule has 2 heterocycles. The Morgan fingerprint density at radius 1 is 1.50 bits per heavy atom. The minimum absolute atomic E-state index is 0.0334. The molecule has 18 heavy (non-hydrogen) atoms. The second kappa shape index (κ2) is 5.20. The third-order valence-corrected chi connectivity index (χ3v) is 3.21. The van der Waals surface area contributed by atoms with Gasteiger partial charge in [-0.3, -0.25) is 14.3 Å². The lowest BCUT2D eigenvalue weighted by molar-refractivity contribution is -0.132. The molecule has 6 heteroatoms. The third kappa shape index (κ3) is 2.88. The van der Waals surface area contributed by atoms with Gasteiger partial charge in [0.15, 0.2) is 0 Å². The van der Waals surface area contributed by atoms with Crippen LogP contribution in [0.1, 0.15) is 19.8 Å². The van der Waals surface area contributed by atoms with Gasteiger partial charge in [-0.05, 0) is 12.8 Å². The Morgan fingerprint density at radius 3 is 2.89 bits per heavy atom. The van der Waals surface area contributed by atoms with Crippen LogP contribution in [0.4, 0.5) is 5.69 Å². The number of likely N-dealkylation sites (tertiary alicyclic amines) is 1. The summed E-state index contributed by atoms with van der Waals surface area (Å²) >= 11 is 0. The molecular formula is C12H18N4O2. The van der Waals surface area contributed by atoms with E-state index < -0.39 is 0 Å². The molecule has 1 fully saturated rings. The van der Waals surface area contributed by atoms with E-state index in [1.54, 1.807) is 35.9 Å². The van der Waals surface area contributed by atoms with E-state index in [9.17, 15) is 9.59 Å². The first-order valence-electron chi connectivity index (χ1n) is 6.11. The Bertz CT molecular complexity index is 455. The molecule has 1 unspecified atom stereocenters. The van der Waals surface area contributed by atoms with Crippen molar-refractivity contribution in [2.45, 2.75) is 19.8 Å². The fraction of sp³-hybridized carbons (Fsp3) is 0.583. The van der Waals surface area contributed by atoms with E-state index in [4.69, 9.17) is 0 Å². The van der Waals surface area contributed by atoms with Crippen LogP contribution in [0.3, 0.4) is 0 Å². The molecule has 1 aliphatic rings. The lowest BCUT2D eigenvalue weighted by Gasteiger charge is -2.31. The molecule has 2 amide bonds. The standard InChI is InChI=1S/C12H18N4O2/c1-9(17)16-5-3-4-10(7-16)12(18)14-11-6-13-15(2)8-11/h6,8,10H,3-5,7H2,1-2H3,(H,14,18). The summed E-state index contributed by atoms with van der Waals surface area (Å²) in [7, 11) is 1.80. The molecule has 0 aromatic carbocycles.